The minimum atomic E-state index is -0.00598. The molecule has 1 aliphatic rings. The second-order valence-electron chi connectivity index (χ2n) is 6.09. The van der Waals surface area contributed by atoms with E-state index in [9.17, 15) is 4.79 Å². The summed E-state index contributed by atoms with van der Waals surface area (Å²) in [6, 6.07) is 11.4. The molecule has 1 aromatic carbocycles. The number of benzene rings is 1. The van der Waals surface area contributed by atoms with Gasteiger partial charge < -0.3 is 14.4 Å². The van der Waals surface area contributed by atoms with Crippen LogP contribution in [0, 0.1) is 6.92 Å². The van der Waals surface area contributed by atoms with Gasteiger partial charge in [0.15, 0.2) is 0 Å². The largest absolute Gasteiger partial charge is 0.497 e. The fourth-order valence-electron chi connectivity index (χ4n) is 2.71. The number of likely N-dealkylation sites (tertiary alicyclic amines) is 1. The summed E-state index contributed by atoms with van der Waals surface area (Å²) in [5.41, 5.74) is 2.06. The van der Waals surface area contributed by atoms with Gasteiger partial charge in [-0.3, -0.25) is 4.79 Å². The minimum Gasteiger partial charge on any atom is -0.497 e. The van der Waals surface area contributed by atoms with Gasteiger partial charge in [-0.2, -0.15) is 0 Å². The molecule has 5 heteroatoms. The Bertz CT molecular complexity index is 739. The Morgan fingerprint density at radius 1 is 1.24 bits per heavy atom. The van der Waals surface area contributed by atoms with Gasteiger partial charge in [-0.25, -0.2) is 4.98 Å². The van der Waals surface area contributed by atoms with Crippen molar-refractivity contribution in [1.82, 2.24) is 9.88 Å². The van der Waals surface area contributed by atoms with E-state index >= 15 is 0 Å². The molecule has 0 bridgehead atoms. The smallest absolute Gasteiger partial charge is 0.246 e. The Labute approximate surface area is 147 Å². The number of nitrogens with zero attached hydrogens (tertiary/aromatic N) is 2. The molecule has 0 aliphatic carbocycles. The predicted molar refractivity (Wildman–Crippen MR) is 96.6 cm³/mol. The maximum Gasteiger partial charge on any atom is 0.246 e. The summed E-state index contributed by atoms with van der Waals surface area (Å²) in [4.78, 5) is 18.4. The van der Waals surface area contributed by atoms with Gasteiger partial charge in [0, 0.05) is 31.3 Å². The standard InChI is InChI=1S/C20H22N2O3/c1-15-3-9-19(21-13-15)25-18-11-12-22(14-18)20(23)10-6-16-4-7-17(24-2)8-5-16/h3-10,13,18H,11-12,14H2,1-2H3/b10-6+. The van der Waals surface area contributed by atoms with Crippen molar-refractivity contribution >= 4 is 12.0 Å². The van der Waals surface area contributed by atoms with Gasteiger partial charge in [0.1, 0.15) is 11.9 Å². The SMILES string of the molecule is COc1ccc(/C=C/C(=O)N2CCC(Oc3ccc(C)cn3)C2)cc1. The molecule has 1 amide bonds. The van der Waals surface area contributed by atoms with E-state index in [-0.39, 0.29) is 12.0 Å². The molecule has 0 N–H and O–H groups in total. The summed E-state index contributed by atoms with van der Waals surface area (Å²) < 4.78 is 11.0. The van der Waals surface area contributed by atoms with Crippen LogP contribution in [-0.2, 0) is 4.79 Å². The maximum atomic E-state index is 12.3. The van der Waals surface area contributed by atoms with Crippen LogP contribution in [0.5, 0.6) is 11.6 Å². The average Bonchev–Trinajstić information content (AvgIpc) is 3.10. The minimum absolute atomic E-state index is 0.00113. The number of aryl methyl sites for hydroxylation is 1. The molecule has 2 heterocycles. The molecule has 0 saturated carbocycles. The highest BCUT2D eigenvalue weighted by Gasteiger charge is 2.26. The van der Waals surface area contributed by atoms with Crippen LogP contribution in [0.1, 0.15) is 17.5 Å². The van der Waals surface area contributed by atoms with Crippen LogP contribution in [0.2, 0.25) is 0 Å². The van der Waals surface area contributed by atoms with Crippen molar-refractivity contribution in [1.29, 1.82) is 0 Å². The van der Waals surface area contributed by atoms with Crippen LogP contribution in [-0.4, -0.2) is 42.1 Å². The van der Waals surface area contributed by atoms with Gasteiger partial charge in [-0.15, -0.1) is 0 Å². The zero-order valence-corrected chi connectivity index (χ0v) is 14.5. The van der Waals surface area contributed by atoms with Crippen molar-refractivity contribution in [2.45, 2.75) is 19.4 Å². The first-order chi connectivity index (χ1) is 12.1. The van der Waals surface area contributed by atoms with E-state index in [1.807, 2.05) is 49.4 Å². The lowest BCUT2D eigenvalue weighted by Crippen LogP contribution is -2.29. The Kier molecular flexibility index (Phi) is 5.33. The highest BCUT2D eigenvalue weighted by atomic mass is 16.5. The van der Waals surface area contributed by atoms with Crippen LogP contribution >= 0.6 is 0 Å². The van der Waals surface area contributed by atoms with Gasteiger partial charge in [-0.1, -0.05) is 18.2 Å². The third-order valence-electron chi connectivity index (χ3n) is 4.16. The lowest BCUT2D eigenvalue weighted by atomic mass is 10.2. The second-order valence-corrected chi connectivity index (χ2v) is 6.09. The lowest BCUT2D eigenvalue weighted by Gasteiger charge is -2.15. The van der Waals surface area contributed by atoms with Crippen molar-refractivity contribution in [3.05, 3.63) is 59.8 Å². The highest BCUT2D eigenvalue weighted by Crippen LogP contribution is 2.18. The molecule has 1 atom stereocenters. The molecule has 1 aromatic heterocycles. The molecule has 1 fully saturated rings. The summed E-state index contributed by atoms with van der Waals surface area (Å²) in [5, 5.41) is 0. The van der Waals surface area contributed by atoms with E-state index in [0.29, 0.717) is 19.0 Å². The third-order valence-corrected chi connectivity index (χ3v) is 4.16. The van der Waals surface area contributed by atoms with E-state index in [0.717, 1.165) is 23.3 Å². The quantitative estimate of drug-likeness (QED) is 0.786. The Morgan fingerprint density at radius 3 is 2.72 bits per heavy atom. The number of carbonyl (C=O) groups is 1. The molecule has 5 nitrogen and oxygen atoms in total. The fraction of sp³-hybridized carbons (Fsp3) is 0.300. The van der Waals surface area contributed by atoms with Gasteiger partial charge in [0.2, 0.25) is 11.8 Å². The van der Waals surface area contributed by atoms with Gasteiger partial charge in [0.25, 0.3) is 0 Å². The monoisotopic (exact) mass is 338 g/mol. The zero-order chi connectivity index (χ0) is 17.6. The highest BCUT2D eigenvalue weighted by molar-refractivity contribution is 5.92. The van der Waals surface area contributed by atoms with Crippen molar-refractivity contribution in [3.8, 4) is 11.6 Å². The molecule has 130 valence electrons. The molecule has 25 heavy (non-hydrogen) atoms. The molecule has 0 radical (unpaired) electrons. The summed E-state index contributed by atoms with van der Waals surface area (Å²) in [5.74, 6) is 1.41. The molecule has 0 spiro atoms. The average molecular weight is 338 g/mol. The Hall–Kier alpha value is -2.82. The first kappa shape index (κ1) is 17.0. The van der Waals surface area contributed by atoms with E-state index in [1.54, 1.807) is 24.3 Å². The van der Waals surface area contributed by atoms with E-state index in [1.165, 1.54) is 0 Å². The van der Waals surface area contributed by atoms with E-state index in [4.69, 9.17) is 9.47 Å². The number of pyridine rings is 1. The van der Waals surface area contributed by atoms with Crippen LogP contribution in [0.4, 0.5) is 0 Å². The van der Waals surface area contributed by atoms with E-state index in [2.05, 4.69) is 4.98 Å². The summed E-state index contributed by atoms with van der Waals surface area (Å²) in [7, 11) is 1.63. The number of aromatic nitrogens is 1. The topological polar surface area (TPSA) is 51.7 Å². The molecule has 1 unspecified atom stereocenters. The number of amides is 1. The Morgan fingerprint density at radius 2 is 2.04 bits per heavy atom. The first-order valence-corrected chi connectivity index (χ1v) is 8.34. The molecular formula is C20H22N2O3. The van der Waals surface area contributed by atoms with Gasteiger partial charge >= 0.3 is 0 Å². The predicted octanol–water partition coefficient (Wildman–Crippen LogP) is 3.09. The fourth-order valence-corrected chi connectivity index (χ4v) is 2.71. The number of hydrogen-bond acceptors (Lipinski definition) is 4. The number of hydrogen-bond donors (Lipinski definition) is 0. The van der Waals surface area contributed by atoms with Crippen LogP contribution in [0.3, 0.4) is 0 Å². The van der Waals surface area contributed by atoms with Crippen molar-refractivity contribution in [2.75, 3.05) is 20.2 Å². The zero-order valence-electron chi connectivity index (χ0n) is 14.5. The molecule has 3 rings (SSSR count). The van der Waals surface area contributed by atoms with Crippen molar-refractivity contribution < 1.29 is 14.3 Å². The second kappa shape index (κ2) is 7.83. The maximum absolute atomic E-state index is 12.3. The van der Waals surface area contributed by atoms with Crippen molar-refractivity contribution in [2.24, 2.45) is 0 Å². The van der Waals surface area contributed by atoms with E-state index < -0.39 is 0 Å². The molecule has 1 saturated heterocycles. The molecule has 1 aliphatic heterocycles. The number of methoxy groups -OCH3 is 1. The Balaban J connectivity index is 1.53. The number of carbonyl (C=O) groups excluding carboxylic acids is 1. The summed E-state index contributed by atoms with van der Waals surface area (Å²) in [6.07, 6.45) is 6.02. The van der Waals surface area contributed by atoms with Gasteiger partial charge in [0.05, 0.1) is 13.7 Å². The van der Waals surface area contributed by atoms with Gasteiger partial charge in [-0.05, 0) is 36.3 Å². The van der Waals surface area contributed by atoms with Crippen LogP contribution < -0.4 is 9.47 Å². The first-order valence-electron chi connectivity index (χ1n) is 8.34. The molecule has 2 aromatic rings. The third kappa shape index (κ3) is 4.59. The normalized spacial score (nSPS) is 17.0. The molecular weight excluding hydrogens is 316 g/mol. The number of ether oxygens (including phenoxy) is 2. The van der Waals surface area contributed by atoms with Crippen molar-refractivity contribution in [3.63, 3.8) is 0 Å². The summed E-state index contributed by atoms with van der Waals surface area (Å²) >= 11 is 0. The lowest BCUT2D eigenvalue weighted by molar-refractivity contribution is -0.125. The van der Waals surface area contributed by atoms with Crippen LogP contribution in [0.25, 0.3) is 6.08 Å². The van der Waals surface area contributed by atoms with Crippen LogP contribution in [0.15, 0.2) is 48.7 Å². The number of rotatable bonds is 5. The summed E-state index contributed by atoms with van der Waals surface area (Å²) in [6.45, 7) is 3.27.